The van der Waals surface area contributed by atoms with Gasteiger partial charge in [0.15, 0.2) is 0 Å². The first-order valence-corrected chi connectivity index (χ1v) is 7.10. The molecule has 0 aliphatic carbocycles. The Bertz CT molecular complexity index is 884. The molecule has 3 aromatic carbocycles. The van der Waals surface area contributed by atoms with E-state index >= 15 is 0 Å². The van der Waals surface area contributed by atoms with E-state index in [0.717, 1.165) is 27.8 Å². The van der Waals surface area contributed by atoms with Crippen LogP contribution in [0.15, 0.2) is 78.9 Å². The lowest BCUT2D eigenvalue weighted by Gasteiger charge is -2.07. The van der Waals surface area contributed by atoms with Gasteiger partial charge in [0.05, 0.1) is 0 Å². The summed E-state index contributed by atoms with van der Waals surface area (Å²) in [5.74, 6) is 9.21. The zero-order valence-corrected chi connectivity index (χ0v) is 12.1. The van der Waals surface area contributed by atoms with Gasteiger partial charge >= 0.3 is 0 Å². The van der Waals surface area contributed by atoms with Gasteiger partial charge in [0, 0.05) is 16.7 Å². The Balaban J connectivity index is 2.09. The standard InChI is InChI=1S/C22H14/c1-2-19-12-6-8-14-21(19)22-15-9-7-13-20(22)17-16-18-10-4-3-5-11-18/h1,3-15H. The van der Waals surface area contributed by atoms with Gasteiger partial charge in [0.1, 0.15) is 0 Å². The maximum atomic E-state index is 5.62. The molecule has 0 aromatic heterocycles. The zero-order valence-electron chi connectivity index (χ0n) is 12.1. The van der Waals surface area contributed by atoms with E-state index in [4.69, 9.17) is 6.42 Å². The molecule has 0 unspecified atom stereocenters. The van der Waals surface area contributed by atoms with Crippen molar-refractivity contribution in [3.8, 4) is 35.3 Å². The van der Waals surface area contributed by atoms with Crippen molar-refractivity contribution in [2.24, 2.45) is 0 Å². The van der Waals surface area contributed by atoms with E-state index < -0.39 is 0 Å². The smallest absolute Gasteiger partial charge is 0.0327 e. The Morgan fingerprint density at radius 2 is 1.09 bits per heavy atom. The maximum absolute atomic E-state index is 5.62. The number of hydrogen-bond acceptors (Lipinski definition) is 0. The highest BCUT2D eigenvalue weighted by Crippen LogP contribution is 2.26. The Kier molecular flexibility index (Phi) is 4.05. The molecule has 0 N–H and O–H groups in total. The summed E-state index contributed by atoms with van der Waals surface area (Å²) in [5, 5.41) is 0. The van der Waals surface area contributed by atoms with Crippen LogP contribution >= 0.6 is 0 Å². The van der Waals surface area contributed by atoms with Crippen molar-refractivity contribution >= 4 is 0 Å². The fraction of sp³-hybridized carbons (Fsp3) is 0. The fourth-order valence-electron chi connectivity index (χ4n) is 2.33. The molecule has 0 amide bonds. The average molecular weight is 278 g/mol. The van der Waals surface area contributed by atoms with E-state index in [1.807, 2.05) is 72.8 Å². The molecule has 0 aliphatic heterocycles. The van der Waals surface area contributed by atoms with Gasteiger partial charge in [0.25, 0.3) is 0 Å². The van der Waals surface area contributed by atoms with Gasteiger partial charge in [0.2, 0.25) is 0 Å². The molecular formula is C22H14. The third-order valence-electron chi connectivity index (χ3n) is 3.42. The molecule has 0 aliphatic rings. The van der Waals surface area contributed by atoms with Gasteiger partial charge in [-0.05, 0) is 35.4 Å². The zero-order chi connectivity index (χ0) is 15.2. The molecule has 0 spiro atoms. The van der Waals surface area contributed by atoms with Crippen LogP contribution in [0.2, 0.25) is 0 Å². The second-order valence-electron chi connectivity index (χ2n) is 4.85. The summed E-state index contributed by atoms with van der Waals surface area (Å²) in [7, 11) is 0. The number of benzene rings is 3. The summed E-state index contributed by atoms with van der Waals surface area (Å²) < 4.78 is 0. The van der Waals surface area contributed by atoms with E-state index in [1.165, 1.54) is 0 Å². The lowest BCUT2D eigenvalue weighted by molar-refractivity contribution is 1.55. The van der Waals surface area contributed by atoms with Crippen LogP contribution in [-0.4, -0.2) is 0 Å². The quantitative estimate of drug-likeness (QED) is 0.564. The van der Waals surface area contributed by atoms with Crippen molar-refractivity contribution in [1.29, 1.82) is 0 Å². The van der Waals surface area contributed by atoms with Crippen molar-refractivity contribution < 1.29 is 0 Å². The minimum Gasteiger partial charge on any atom is -0.115 e. The molecule has 0 heterocycles. The first-order chi connectivity index (χ1) is 10.9. The fourth-order valence-corrected chi connectivity index (χ4v) is 2.33. The Hall–Kier alpha value is -3.22. The number of terminal acetylenes is 1. The van der Waals surface area contributed by atoms with Gasteiger partial charge < -0.3 is 0 Å². The lowest BCUT2D eigenvalue weighted by Crippen LogP contribution is -1.88. The van der Waals surface area contributed by atoms with E-state index in [0.29, 0.717) is 0 Å². The lowest BCUT2D eigenvalue weighted by atomic mass is 9.96. The topological polar surface area (TPSA) is 0 Å². The van der Waals surface area contributed by atoms with E-state index in [-0.39, 0.29) is 0 Å². The Morgan fingerprint density at radius 3 is 1.77 bits per heavy atom. The van der Waals surface area contributed by atoms with Crippen LogP contribution in [0.3, 0.4) is 0 Å². The number of rotatable bonds is 1. The minimum absolute atomic E-state index is 0.886. The minimum atomic E-state index is 0.886. The van der Waals surface area contributed by atoms with Gasteiger partial charge in [-0.2, -0.15) is 0 Å². The maximum Gasteiger partial charge on any atom is 0.0327 e. The SMILES string of the molecule is C#Cc1ccccc1-c1ccccc1C#Cc1ccccc1. The van der Waals surface area contributed by atoms with E-state index in [2.05, 4.69) is 23.8 Å². The average Bonchev–Trinajstić information content (AvgIpc) is 2.61. The molecule has 0 bridgehead atoms. The molecule has 3 rings (SSSR count). The van der Waals surface area contributed by atoms with E-state index in [1.54, 1.807) is 0 Å². The van der Waals surface area contributed by atoms with Crippen LogP contribution in [0, 0.1) is 24.2 Å². The molecule has 0 saturated heterocycles. The van der Waals surface area contributed by atoms with Crippen molar-refractivity contribution in [2.75, 3.05) is 0 Å². The molecule has 3 aromatic rings. The molecule has 0 atom stereocenters. The molecule has 0 saturated carbocycles. The van der Waals surface area contributed by atoms with Crippen LogP contribution in [0.25, 0.3) is 11.1 Å². The van der Waals surface area contributed by atoms with E-state index in [9.17, 15) is 0 Å². The van der Waals surface area contributed by atoms with Crippen molar-refractivity contribution in [3.63, 3.8) is 0 Å². The normalized spacial score (nSPS) is 9.41. The summed E-state index contributed by atoms with van der Waals surface area (Å²) >= 11 is 0. The van der Waals surface area contributed by atoms with Crippen molar-refractivity contribution in [3.05, 3.63) is 95.6 Å². The summed E-state index contributed by atoms with van der Waals surface area (Å²) in [6.45, 7) is 0. The highest BCUT2D eigenvalue weighted by atomic mass is 14.1. The predicted molar refractivity (Wildman–Crippen MR) is 92.2 cm³/mol. The summed E-state index contributed by atoms with van der Waals surface area (Å²) in [6, 6.07) is 26.0. The second-order valence-corrected chi connectivity index (χ2v) is 4.85. The van der Waals surface area contributed by atoms with Gasteiger partial charge in [-0.15, -0.1) is 6.42 Å². The largest absolute Gasteiger partial charge is 0.115 e. The van der Waals surface area contributed by atoms with Crippen LogP contribution < -0.4 is 0 Å². The number of hydrogen-bond donors (Lipinski definition) is 0. The van der Waals surface area contributed by atoms with Gasteiger partial charge in [-0.25, -0.2) is 0 Å². The van der Waals surface area contributed by atoms with Gasteiger partial charge in [-0.1, -0.05) is 72.4 Å². The third kappa shape index (κ3) is 2.93. The summed E-state index contributed by atoms with van der Waals surface area (Å²) in [4.78, 5) is 0. The second kappa shape index (κ2) is 6.49. The van der Waals surface area contributed by atoms with Crippen LogP contribution in [0.1, 0.15) is 16.7 Å². The van der Waals surface area contributed by atoms with Gasteiger partial charge in [-0.3, -0.25) is 0 Å². The summed E-state index contributed by atoms with van der Waals surface area (Å²) in [5.41, 5.74) is 4.98. The van der Waals surface area contributed by atoms with Crippen LogP contribution in [-0.2, 0) is 0 Å². The summed E-state index contributed by atoms with van der Waals surface area (Å²) in [6.07, 6.45) is 5.62. The third-order valence-corrected chi connectivity index (χ3v) is 3.42. The molecule has 22 heavy (non-hydrogen) atoms. The van der Waals surface area contributed by atoms with Crippen LogP contribution in [0.4, 0.5) is 0 Å². The van der Waals surface area contributed by atoms with Crippen molar-refractivity contribution in [1.82, 2.24) is 0 Å². The molecular weight excluding hydrogens is 264 g/mol. The monoisotopic (exact) mass is 278 g/mol. The molecule has 0 heteroatoms. The first kappa shape index (κ1) is 13.7. The molecule has 0 nitrogen and oxygen atoms in total. The Morgan fingerprint density at radius 1 is 0.545 bits per heavy atom. The molecule has 102 valence electrons. The highest BCUT2D eigenvalue weighted by Gasteiger charge is 2.06. The molecule has 0 radical (unpaired) electrons. The van der Waals surface area contributed by atoms with Crippen molar-refractivity contribution in [2.45, 2.75) is 0 Å². The predicted octanol–water partition coefficient (Wildman–Crippen LogP) is 4.73. The highest BCUT2D eigenvalue weighted by molar-refractivity contribution is 5.76. The first-order valence-electron chi connectivity index (χ1n) is 7.10. The Labute approximate surface area is 131 Å². The molecule has 0 fully saturated rings. The van der Waals surface area contributed by atoms with Crippen LogP contribution in [0.5, 0.6) is 0 Å².